The molecule has 3 N–H and O–H groups in total. The monoisotopic (exact) mass is 145 g/mol. The highest BCUT2D eigenvalue weighted by Gasteiger charge is 2.29. The fraction of sp³-hybridized carbons (Fsp3) is 1.00. The van der Waals surface area contributed by atoms with Crippen LogP contribution in [0.25, 0.3) is 0 Å². The van der Waals surface area contributed by atoms with Gasteiger partial charge in [0, 0.05) is 5.41 Å². The summed E-state index contributed by atoms with van der Waals surface area (Å²) < 4.78 is 0. The van der Waals surface area contributed by atoms with Crippen molar-refractivity contribution in [1.29, 1.82) is 0 Å². The topological polar surface area (TPSA) is 46.2 Å². The van der Waals surface area contributed by atoms with E-state index < -0.39 is 6.23 Å². The molecule has 0 aromatic carbocycles. The molecule has 0 spiro atoms. The minimum Gasteiger partial charge on any atom is -0.378 e. The Labute approximate surface area is 63.4 Å². The average molecular weight is 145 g/mol. The van der Waals surface area contributed by atoms with Crippen molar-refractivity contribution in [2.45, 2.75) is 46.3 Å². The Kier molecular flexibility index (Phi) is 3.91. The molecule has 0 aliphatic carbocycles. The van der Waals surface area contributed by atoms with Crippen LogP contribution in [0.4, 0.5) is 0 Å². The van der Waals surface area contributed by atoms with E-state index in [4.69, 9.17) is 5.73 Å². The van der Waals surface area contributed by atoms with Gasteiger partial charge in [0.1, 0.15) is 6.23 Å². The largest absolute Gasteiger partial charge is 0.378 e. The fourth-order valence-electron chi connectivity index (χ4n) is 1.38. The third-order valence-electron chi connectivity index (χ3n) is 2.74. The zero-order valence-electron chi connectivity index (χ0n) is 7.22. The van der Waals surface area contributed by atoms with Crippen molar-refractivity contribution in [3.63, 3.8) is 0 Å². The molecule has 0 rings (SSSR count). The standard InChI is InChI=1S/C8H19NO/c1-4-8(5-2,6-3)7(9)10/h7,10H,4-6,9H2,1-3H3. The first kappa shape index (κ1) is 9.92. The Morgan fingerprint density at radius 2 is 1.50 bits per heavy atom. The molecule has 1 unspecified atom stereocenters. The van der Waals surface area contributed by atoms with Crippen LogP contribution < -0.4 is 5.73 Å². The number of hydrogen-bond donors (Lipinski definition) is 2. The van der Waals surface area contributed by atoms with E-state index in [0.29, 0.717) is 0 Å². The van der Waals surface area contributed by atoms with Crippen molar-refractivity contribution >= 4 is 0 Å². The van der Waals surface area contributed by atoms with Gasteiger partial charge in [0.25, 0.3) is 0 Å². The van der Waals surface area contributed by atoms with Crippen LogP contribution in [-0.4, -0.2) is 11.3 Å². The van der Waals surface area contributed by atoms with E-state index in [9.17, 15) is 5.11 Å². The van der Waals surface area contributed by atoms with Gasteiger partial charge in [0.05, 0.1) is 0 Å². The summed E-state index contributed by atoms with van der Waals surface area (Å²) in [5, 5.41) is 9.24. The second kappa shape index (κ2) is 3.94. The number of aliphatic hydroxyl groups is 1. The van der Waals surface area contributed by atoms with E-state index >= 15 is 0 Å². The van der Waals surface area contributed by atoms with Gasteiger partial charge in [-0.3, -0.25) is 0 Å². The average Bonchev–Trinajstić information content (AvgIpc) is 1.92. The van der Waals surface area contributed by atoms with Gasteiger partial charge in [-0.05, 0) is 19.3 Å². The summed E-state index contributed by atoms with van der Waals surface area (Å²) in [4.78, 5) is 0. The molecule has 0 aromatic rings. The van der Waals surface area contributed by atoms with Gasteiger partial charge in [-0.1, -0.05) is 20.8 Å². The summed E-state index contributed by atoms with van der Waals surface area (Å²) in [5.74, 6) is 0. The molecule has 0 amide bonds. The molecular weight excluding hydrogens is 126 g/mol. The molecule has 0 radical (unpaired) electrons. The first-order chi connectivity index (χ1) is 4.63. The summed E-state index contributed by atoms with van der Waals surface area (Å²) in [6.45, 7) is 6.22. The van der Waals surface area contributed by atoms with Gasteiger partial charge in [0.15, 0.2) is 0 Å². The summed E-state index contributed by atoms with van der Waals surface area (Å²) in [5.41, 5.74) is 5.42. The number of aliphatic hydroxyl groups excluding tert-OH is 1. The molecule has 2 heteroatoms. The highest BCUT2D eigenvalue weighted by Crippen LogP contribution is 2.31. The van der Waals surface area contributed by atoms with Crippen molar-refractivity contribution in [3.8, 4) is 0 Å². The molecule has 2 nitrogen and oxygen atoms in total. The Morgan fingerprint density at radius 3 is 1.50 bits per heavy atom. The molecule has 1 atom stereocenters. The molecule has 0 fully saturated rings. The molecule has 62 valence electrons. The lowest BCUT2D eigenvalue weighted by molar-refractivity contribution is 0.0191. The van der Waals surface area contributed by atoms with Crippen molar-refractivity contribution in [1.82, 2.24) is 0 Å². The first-order valence-electron chi connectivity index (χ1n) is 4.06. The van der Waals surface area contributed by atoms with E-state index in [2.05, 4.69) is 20.8 Å². The van der Waals surface area contributed by atoms with Crippen LogP contribution in [0.2, 0.25) is 0 Å². The lowest BCUT2D eigenvalue weighted by Gasteiger charge is -2.32. The van der Waals surface area contributed by atoms with Crippen LogP contribution in [0.15, 0.2) is 0 Å². The summed E-state index contributed by atoms with van der Waals surface area (Å²) in [6.07, 6.45) is 2.21. The van der Waals surface area contributed by atoms with Crippen LogP contribution >= 0.6 is 0 Å². The van der Waals surface area contributed by atoms with Crippen molar-refractivity contribution < 1.29 is 5.11 Å². The Bertz CT molecular complexity index is 79.0. The van der Waals surface area contributed by atoms with E-state index in [1.807, 2.05) is 0 Å². The molecule has 0 bridgehead atoms. The van der Waals surface area contributed by atoms with E-state index in [-0.39, 0.29) is 5.41 Å². The van der Waals surface area contributed by atoms with E-state index in [1.54, 1.807) is 0 Å². The minimum atomic E-state index is -0.660. The summed E-state index contributed by atoms with van der Waals surface area (Å²) in [6, 6.07) is 0. The Balaban J connectivity index is 4.15. The fourth-order valence-corrected chi connectivity index (χ4v) is 1.38. The molecule has 0 saturated carbocycles. The van der Waals surface area contributed by atoms with Crippen LogP contribution in [0.5, 0.6) is 0 Å². The van der Waals surface area contributed by atoms with Gasteiger partial charge < -0.3 is 10.8 Å². The maximum absolute atomic E-state index is 9.24. The summed E-state index contributed by atoms with van der Waals surface area (Å²) >= 11 is 0. The molecule has 0 saturated heterocycles. The van der Waals surface area contributed by atoms with Crippen LogP contribution in [0, 0.1) is 5.41 Å². The lowest BCUT2D eigenvalue weighted by atomic mass is 9.78. The number of nitrogens with two attached hydrogens (primary N) is 1. The van der Waals surface area contributed by atoms with Crippen LogP contribution in [-0.2, 0) is 0 Å². The SMILES string of the molecule is CCC(CC)(CC)C(N)O. The third-order valence-corrected chi connectivity index (χ3v) is 2.74. The zero-order valence-corrected chi connectivity index (χ0v) is 7.22. The molecule has 0 aromatic heterocycles. The quantitative estimate of drug-likeness (QED) is 0.588. The number of rotatable bonds is 4. The van der Waals surface area contributed by atoms with Gasteiger partial charge in [-0.2, -0.15) is 0 Å². The van der Waals surface area contributed by atoms with Crippen molar-refractivity contribution in [2.24, 2.45) is 11.1 Å². The van der Waals surface area contributed by atoms with E-state index in [1.165, 1.54) is 0 Å². The normalized spacial score (nSPS) is 15.3. The molecular formula is C8H19NO. The predicted molar refractivity (Wildman–Crippen MR) is 43.5 cm³/mol. The van der Waals surface area contributed by atoms with Gasteiger partial charge in [-0.15, -0.1) is 0 Å². The highest BCUT2D eigenvalue weighted by atomic mass is 16.3. The second-order valence-corrected chi connectivity index (χ2v) is 2.87. The highest BCUT2D eigenvalue weighted by molar-refractivity contribution is 4.78. The maximum atomic E-state index is 9.24. The molecule has 0 aliphatic rings. The van der Waals surface area contributed by atoms with Gasteiger partial charge in [-0.25, -0.2) is 0 Å². The zero-order chi connectivity index (χ0) is 8.20. The first-order valence-corrected chi connectivity index (χ1v) is 4.06. The Hall–Kier alpha value is -0.0800. The van der Waals surface area contributed by atoms with Crippen molar-refractivity contribution in [2.75, 3.05) is 0 Å². The molecule has 0 heterocycles. The van der Waals surface area contributed by atoms with Crippen molar-refractivity contribution in [3.05, 3.63) is 0 Å². The smallest absolute Gasteiger partial charge is 0.108 e. The molecule has 0 aliphatic heterocycles. The minimum absolute atomic E-state index is 0.0417. The lowest BCUT2D eigenvalue weighted by Crippen LogP contribution is -2.40. The van der Waals surface area contributed by atoms with Gasteiger partial charge in [0.2, 0.25) is 0 Å². The second-order valence-electron chi connectivity index (χ2n) is 2.87. The Morgan fingerprint density at radius 1 is 1.20 bits per heavy atom. The van der Waals surface area contributed by atoms with E-state index in [0.717, 1.165) is 19.3 Å². The number of hydrogen-bond acceptors (Lipinski definition) is 2. The van der Waals surface area contributed by atoms with Gasteiger partial charge >= 0.3 is 0 Å². The van der Waals surface area contributed by atoms with Crippen LogP contribution in [0.1, 0.15) is 40.0 Å². The summed E-state index contributed by atoms with van der Waals surface area (Å²) in [7, 11) is 0. The van der Waals surface area contributed by atoms with Crippen LogP contribution in [0.3, 0.4) is 0 Å². The molecule has 10 heavy (non-hydrogen) atoms. The maximum Gasteiger partial charge on any atom is 0.108 e. The predicted octanol–water partition coefficient (Wildman–Crippen LogP) is 1.48. The third kappa shape index (κ3) is 1.70.